The van der Waals surface area contributed by atoms with E-state index in [1.165, 1.54) is 12.1 Å². The van der Waals surface area contributed by atoms with Crippen LogP contribution >= 0.6 is 0 Å². The predicted octanol–water partition coefficient (Wildman–Crippen LogP) is 4.04. The van der Waals surface area contributed by atoms with Crippen LogP contribution in [0.3, 0.4) is 0 Å². The summed E-state index contributed by atoms with van der Waals surface area (Å²) in [7, 11) is -2.40. The molecule has 5 rings (SSSR count). The highest BCUT2D eigenvalue weighted by atomic mass is 32.2. The summed E-state index contributed by atoms with van der Waals surface area (Å²) in [5.74, 6) is 0.475. The lowest BCUT2D eigenvalue weighted by molar-refractivity contribution is 0.122. The topological polar surface area (TPSA) is 142 Å². The fourth-order valence-electron chi connectivity index (χ4n) is 4.67. The van der Waals surface area contributed by atoms with Gasteiger partial charge in [-0.1, -0.05) is 12.1 Å². The number of pyridine rings is 1. The Kier molecular flexibility index (Phi) is 9.48. The molecule has 1 aliphatic heterocycles. The summed E-state index contributed by atoms with van der Waals surface area (Å²) in [5.41, 5.74) is 7.24. The van der Waals surface area contributed by atoms with E-state index in [0.717, 1.165) is 0 Å². The second-order valence-electron chi connectivity index (χ2n) is 9.78. The van der Waals surface area contributed by atoms with E-state index in [1.54, 1.807) is 43.6 Å². The number of sulfonamides is 1. The van der Waals surface area contributed by atoms with E-state index in [2.05, 4.69) is 14.6 Å². The Bertz CT molecular complexity index is 1690. The molecule has 0 bridgehead atoms. The number of hydrogen-bond acceptors (Lipinski definition) is 10. The van der Waals surface area contributed by atoms with Crippen LogP contribution in [-0.4, -0.2) is 82.4 Å². The lowest BCUT2D eigenvalue weighted by Crippen LogP contribution is -2.37. The largest absolute Gasteiger partial charge is 0.489 e. The minimum atomic E-state index is -3.95. The first-order valence-electron chi connectivity index (χ1n) is 13.7. The van der Waals surface area contributed by atoms with Crippen LogP contribution in [0, 0.1) is 5.82 Å². The number of alkyl halides is 1. The Morgan fingerprint density at radius 1 is 1.09 bits per heavy atom. The van der Waals surface area contributed by atoms with Gasteiger partial charge in [-0.2, -0.15) is 0 Å². The fraction of sp³-hybridized carbons (Fsp3) is 0.345. The maximum Gasteiger partial charge on any atom is 0.232 e. The molecule has 1 saturated heterocycles. The molecule has 0 amide bonds. The number of methoxy groups -OCH3 is 1. The second-order valence-corrected chi connectivity index (χ2v) is 11.6. The first-order chi connectivity index (χ1) is 20.8. The van der Waals surface area contributed by atoms with Crippen molar-refractivity contribution in [3.63, 3.8) is 0 Å². The summed E-state index contributed by atoms with van der Waals surface area (Å²) in [4.78, 5) is 16.0. The summed E-state index contributed by atoms with van der Waals surface area (Å²) in [6.07, 6.45) is 1.40. The number of morpholine rings is 1. The summed E-state index contributed by atoms with van der Waals surface area (Å²) in [6, 6.07) is 11.3. The summed E-state index contributed by atoms with van der Waals surface area (Å²) < 4.78 is 72.4. The molecule has 1 fully saturated rings. The molecule has 0 aliphatic carbocycles. The number of nitrogens with one attached hydrogen (secondary N) is 1. The number of nitrogens with two attached hydrogens (primary N) is 1. The van der Waals surface area contributed by atoms with Crippen LogP contribution in [0.5, 0.6) is 5.75 Å². The SMILES string of the molecule is COCCOc1cc(-c2cccc(NS(=O)(=O)CCCF)c2F)cc2c(N3CCOCC3)nc(-c3ccc(N)nc3)nc12. The van der Waals surface area contributed by atoms with Crippen LogP contribution in [-0.2, 0) is 19.5 Å². The number of anilines is 3. The van der Waals surface area contributed by atoms with E-state index in [-0.39, 0.29) is 24.3 Å². The maximum atomic E-state index is 15.9. The number of nitrogen functional groups attached to an aromatic ring is 1. The van der Waals surface area contributed by atoms with Crippen molar-refractivity contribution < 1.29 is 31.4 Å². The zero-order valence-corrected chi connectivity index (χ0v) is 24.4. The van der Waals surface area contributed by atoms with Crippen molar-refractivity contribution in [2.75, 3.05) is 74.4 Å². The van der Waals surface area contributed by atoms with Crippen molar-refractivity contribution >= 4 is 38.2 Å². The Hall–Kier alpha value is -4.14. The van der Waals surface area contributed by atoms with E-state index >= 15 is 4.39 Å². The molecule has 3 heterocycles. The average Bonchev–Trinajstić information content (AvgIpc) is 3.01. The molecule has 0 saturated carbocycles. The zero-order valence-electron chi connectivity index (χ0n) is 23.6. The van der Waals surface area contributed by atoms with Crippen LogP contribution in [0.2, 0.25) is 0 Å². The molecular formula is C29H32F2N6O5S. The second kappa shape index (κ2) is 13.4. The molecule has 43 heavy (non-hydrogen) atoms. The molecule has 14 heteroatoms. The average molecular weight is 615 g/mol. The molecule has 0 atom stereocenters. The minimum Gasteiger partial charge on any atom is -0.489 e. The number of hydrogen-bond donors (Lipinski definition) is 2. The van der Waals surface area contributed by atoms with Gasteiger partial charge in [-0.15, -0.1) is 0 Å². The Balaban J connectivity index is 1.68. The fourth-order valence-corrected chi connectivity index (χ4v) is 5.75. The van der Waals surface area contributed by atoms with Crippen molar-refractivity contribution in [2.24, 2.45) is 0 Å². The lowest BCUT2D eigenvalue weighted by atomic mass is 10.0. The van der Waals surface area contributed by atoms with Gasteiger partial charge >= 0.3 is 0 Å². The van der Waals surface area contributed by atoms with E-state index in [0.29, 0.717) is 78.1 Å². The molecule has 0 radical (unpaired) electrons. The molecule has 0 unspecified atom stereocenters. The number of ether oxygens (including phenoxy) is 3. The molecule has 2 aromatic heterocycles. The quantitative estimate of drug-likeness (QED) is 0.225. The Morgan fingerprint density at radius 3 is 2.63 bits per heavy atom. The highest BCUT2D eigenvalue weighted by molar-refractivity contribution is 7.92. The number of benzene rings is 2. The lowest BCUT2D eigenvalue weighted by Gasteiger charge is -2.29. The van der Waals surface area contributed by atoms with E-state index in [4.69, 9.17) is 29.9 Å². The van der Waals surface area contributed by atoms with Crippen molar-refractivity contribution in [3.8, 4) is 28.3 Å². The highest BCUT2D eigenvalue weighted by Crippen LogP contribution is 2.39. The maximum absolute atomic E-state index is 15.9. The normalized spacial score (nSPS) is 13.8. The van der Waals surface area contributed by atoms with Gasteiger partial charge in [-0.05, 0) is 42.3 Å². The van der Waals surface area contributed by atoms with Crippen molar-refractivity contribution in [1.82, 2.24) is 15.0 Å². The molecule has 1 aliphatic rings. The standard InChI is InChI=1S/C29H32F2N6O5S/c1-40-13-14-42-24-17-20(21-4-2-5-23(26(21)31)36-43(38,39)15-3-8-30)16-22-27(24)34-28(19-6-7-25(32)33-18-19)35-29(22)37-9-11-41-12-10-37/h2,4-7,16-18,36H,3,8-15H2,1H3,(H2,32,33). The zero-order chi connectivity index (χ0) is 30.4. The Labute approximate surface area is 248 Å². The van der Waals surface area contributed by atoms with Gasteiger partial charge < -0.3 is 24.8 Å². The predicted molar refractivity (Wildman–Crippen MR) is 161 cm³/mol. The summed E-state index contributed by atoms with van der Waals surface area (Å²) in [6.45, 7) is 1.84. The van der Waals surface area contributed by atoms with Crippen molar-refractivity contribution in [3.05, 3.63) is 54.5 Å². The highest BCUT2D eigenvalue weighted by Gasteiger charge is 2.23. The van der Waals surface area contributed by atoms with Gasteiger partial charge in [0, 0.05) is 42.9 Å². The van der Waals surface area contributed by atoms with Crippen molar-refractivity contribution in [1.29, 1.82) is 0 Å². The number of nitrogens with zero attached hydrogens (tertiary/aromatic N) is 4. The van der Waals surface area contributed by atoms with Crippen LogP contribution in [0.4, 0.5) is 26.1 Å². The molecule has 2 aromatic carbocycles. The van der Waals surface area contributed by atoms with Crippen molar-refractivity contribution in [2.45, 2.75) is 6.42 Å². The number of fused-ring (bicyclic) bond motifs is 1. The van der Waals surface area contributed by atoms with E-state index in [1.807, 2.05) is 0 Å². The van der Waals surface area contributed by atoms with Crippen LogP contribution in [0.25, 0.3) is 33.4 Å². The molecule has 0 spiro atoms. The van der Waals surface area contributed by atoms with Gasteiger partial charge in [-0.25, -0.2) is 27.8 Å². The number of aromatic nitrogens is 3. The summed E-state index contributed by atoms with van der Waals surface area (Å²) in [5, 5.41) is 0.604. The van der Waals surface area contributed by atoms with Gasteiger partial charge in [0.05, 0.1) is 37.9 Å². The van der Waals surface area contributed by atoms with E-state index < -0.39 is 28.3 Å². The van der Waals surface area contributed by atoms with Crippen LogP contribution in [0.15, 0.2) is 48.7 Å². The Morgan fingerprint density at radius 2 is 1.91 bits per heavy atom. The molecule has 11 nitrogen and oxygen atoms in total. The first kappa shape index (κ1) is 30.3. The molecular weight excluding hydrogens is 582 g/mol. The third-order valence-corrected chi connectivity index (χ3v) is 8.12. The minimum absolute atomic E-state index is 0.129. The van der Waals surface area contributed by atoms with Crippen LogP contribution in [0.1, 0.15) is 6.42 Å². The van der Waals surface area contributed by atoms with Crippen LogP contribution < -0.4 is 20.1 Å². The number of rotatable bonds is 12. The van der Waals surface area contributed by atoms with Gasteiger partial charge in [0.2, 0.25) is 10.0 Å². The third-order valence-electron chi connectivity index (χ3n) is 6.77. The van der Waals surface area contributed by atoms with E-state index in [9.17, 15) is 12.8 Å². The van der Waals surface area contributed by atoms with Gasteiger partial charge in [0.25, 0.3) is 0 Å². The van der Waals surface area contributed by atoms with Gasteiger partial charge in [-0.3, -0.25) is 9.11 Å². The smallest absolute Gasteiger partial charge is 0.232 e. The molecule has 3 N–H and O–H groups in total. The first-order valence-corrected chi connectivity index (χ1v) is 15.3. The molecule has 4 aromatic rings. The van der Waals surface area contributed by atoms with Gasteiger partial charge in [0.1, 0.15) is 29.5 Å². The monoisotopic (exact) mass is 614 g/mol. The van der Waals surface area contributed by atoms with Gasteiger partial charge in [0.15, 0.2) is 11.6 Å². The summed E-state index contributed by atoms with van der Waals surface area (Å²) >= 11 is 0. The third kappa shape index (κ3) is 7.09. The number of halogens is 2. The molecule has 228 valence electrons.